The standard InChI is InChI=1S/C14H24N2O2S3/c1-11-9-13(20-12(11)10-15-4)21(17,18)16-6-5-14(2,3)19-8-7-16/h9,15H,5-8,10H2,1-4H3. The number of rotatable bonds is 4. The summed E-state index contributed by atoms with van der Waals surface area (Å²) in [6.07, 6.45) is 0.893. The summed E-state index contributed by atoms with van der Waals surface area (Å²) >= 11 is 3.25. The molecule has 0 spiro atoms. The first-order valence-corrected chi connectivity index (χ1v) is 10.4. The molecule has 0 atom stereocenters. The lowest BCUT2D eigenvalue weighted by molar-refractivity contribution is 0.416. The van der Waals surface area contributed by atoms with Gasteiger partial charge in [0.05, 0.1) is 0 Å². The van der Waals surface area contributed by atoms with Gasteiger partial charge in [0, 0.05) is 35.0 Å². The van der Waals surface area contributed by atoms with Gasteiger partial charge in [0.2, 0.25) is 0 Å². The zero-order chi connectivity index (χ0) is 15.7. The molecule has 0 bridgehead atoms. The fourth-order valence-corrected chi connectivity index (χ4v) is 6.73. The lowest BCUT2D eigenvalue weighted by atomic mass is 10.1. The fourth-order valence-electron chi connectivity index (χ4n) is 2.32. The highest BCUT2D eigenvalue weighted by Gasteiger charge is 2.32. The molecule has 2 rings (SSSR count). The Bertz CT molecular complexity index is 593. The van der Waals surface area contributed by atoms with E-state index in [0.717, 1.165) is 29.2 Å². The zero-order valence-electron chi connectivity index (χ0n) is 13.1. The minimum Gasteiger partial charge on any atom is -0.315 e. The zero-order valence-corrected chi connectivity index (χ0v) is 15.6. The summed E-state index contributed by atoms with van der Waals surface area (Å²) in [6.45, 7) is 8.29. The highest BCUT2D eigenvalue weighted by Crippen LogP contribution is 2.34. The first-order chi connectivity index (χ1) is 9.76. The van der Waals surface area contributed by atoms with Crippen molar-refractivity contribution < 1.29 is 8.42 Å². The second-order valence-corrected chi connectivity index (χ2v) is 11.1. The highest BCUT2D eigenvalue weighted by molar-refractivity contribution is 8.00. The predicted molar refractivity (Wildman–Crippen MR) is 91.7 cm³/mol. The molecule has 7 heteroatoms. The molecule has 1 N–H and O–H groups in total. The number of nitrogens with zero attached hydrogens (tertiary/aromatic N) is 1. The van der Waals surface area contributed by atoms with Gasteiger partial charge in [0.1, 0.15) is 4.21 Å². The number of thioether (sulfide) groups is 1. The quantitative estimate of drug-likeness (QED) is 0.909. The van der Waals surface area contributed by atoms with Crippen LogP contribution in [0.3, 0.4) is 0 Å². The summed E-state index contributed by atoms with van der Waals surface area (Å²) < 4.78 is 28.0. The molecular formula is C14H24N2O2S3. The molecule has 0 aliphatic carbocycles. The van der Waals surface area contributed by atoms with Crippen LogP contribution in [0.1, 0.15) is 30.7 Å². The van der Waals surface area contributed by atoms with Crippen molar-refractivity contribution in [1.82, 2.24) is 9.62 Å². The molecule has 0 saturated carbocycles. The van der Waals surface area contributed by atoms with E-state index < -0.39 is 10.0 Å². The van der Waals surface area contributed by atoms with E-state index in [1.54, 1.807) is 4.31 Å². The summed E-state index contributed by atoms with van der Waals surface area (Å²) in [5.41, 5.74) is 1.05. The molecule has 1 aliphatic heterocycles. The Kier molecular flexibility index (Phi) is 5.41. The maximum Gasteiger partial charge on any atom is 0.252 e. The van der Waals surface area contributed by atoms with Crippen LogP contribution in [0.15, 0.2) is 10.3 Å². The van der Waals surface area contributed by atoms with Crippen molar-refractivity contribution in [3.8, 4) is 0 Å². The average Bonchev–Trinajstić information content (AvgIpc) is 2.65. The highest BCUT2D eigenvalue weighted by atomic mass is 32.2. The van der Waals surface area contributed by atoms with Crippen LogP contribution in [0.4, 0.5) is 0 Å². The number of aryl methyl sites for hydroxylation is 1. The summed E-state index contributed by atoms with van der Waals surface area (Å²) in [7, 11) is -1.47. The third-order valence-corrected chi connectivity index (χ3v) is 8.68. The molecule has 2 heterocycles. The Balaban J connectivity index is 2.23. The Hall–Kier alpha value is -0.0800. The van der Waals surface area contributed by atoms with Crippen LogP contribution in [0.25, 0.3) is 0 Å². The molecule has 0 aromatic carbocycles. The first kappa shape index (κ1) is 17.3. The number of hydrogen-bond acceptors (Lipinski definition) is 5. The maximum atomic E-state index is 12.8. The molecule has 1 aromatic rings. The molecule has 120 valence electrons. The molecule has 1 aliphatic rings. The largest absolute Gasteiger partial charge is 0.315 e. The SMILES string of the molecule is CNCc1sc(S(=O)(=O)N2CCSC(C)(C)CC2)cc1C. The van der Waals surface area contributed by atoms with E-state index in [4.69, 9.17) is 0 Å². The number of sulfonamides is 1. The van der Waals surface area contributed by atoms with E-state index in [1.807, 2.05) is 31.8 Å². The lowest BCUT2D eigenvalue weighted by Crippen LogP contribution is -2.33. The summed E-state index contributed by atoms with van der Waals surface area (Å²) in [5, 5.41) is 3.09. The van der Waals surface area contributed by atoms with Gasteiger partial charge in [-0.05, 0) is 32.0 Å². The molecule has 21 heavy (non-hydrogen) atoms. The molecule has 1 aromatic heterocycles. The Morgan fingerprint density at radius 2 is 2.10 bits per heavy atom. The van der Waals surface area contributed by atoms with Crippen molar-refractivity contribution in [1.29, 1.82) is 0 Å². The van der Waals surface area contributed by atoms with Crippen molar-refractivity contribution in [3.63, 3.8) is 0 Å². The van der Waals surface area contributed by atoms with Gasteiger partial charge >= 0.3 is 0 Å². The van der Waals surface area contributed by atoms with E-state index in [2.05, 4.69) is 19.2 Å². The number of thiophene rings is 1. The van der Waals surface area contributed by atoms with Crippen LogP contribution in [-0.4, -0.2) is 43.4 Å². The van der Waals surface area contributed by atoms with Gasteiger partial charge in [-0.15, -0.1) is 11.3 Å². The van der Waals surface area contributed by atoms with Crippen molar-refractivity contribution in [2.45, 2.75) is 42.7 Å². The minimum absolute atomic E-state index is 0.160. The molecule has 1 saturated heterocycles. The van der Waals surface area contributed by atoms with Gasteiger partial charge in [0.15, 0.2) is 0 Å². The van der Waals surface area contributed by atoms with Crippen molar-refractivity contribution >= 4 is 33.1 Å². The van der Waals surface area contributed by atoms with Gasteiger partial charge in [-0.25, -0.2) is 8.42 Å². The van der Waals surface area contributed by atoms with Crippen molar-refractivity contribution in [2.75, 3.05) is 25.9 Å². The lowest BCUT2D eigenvalue weighted by Gasteiger charge is -2.22. The van der Waals surface area contributed by atoms with E-state index >= 15 is 0 Å². The normalized spacial score (nSPS) is 20.4. The average molecular weight is 349 g/mol. The van der Waals surface area contributed by atoms with Crippen LogP contribution in [-0.2, 0) is 16.6 Å². The van der Waals surface area contributed by atoms with Gasteiger partial charge in [-0.3, -0.25) is 0 Å². The van der Waals surface area contributed by atoms with Crippen LogP contribution in [0, 0.1) is 6.92 Å². The number of hydrogen-bond donors (Lipinski definition) is 1. The smallest absolute Gasteiger partial charge is 0.252 e. The summed E-state index contributed by atoms with van der Waals surface area (Å²) in [6, 6.07) is 1.82. The minimum atomic E-state index is -3.34. The molecule has 0 amide bonds. The second-order valence-electron chi connectivity index (χ2n) is 5.96. The van der Waals surface area contributed by atoms with Gasteiger partial charge in [-0.1, -0.05) is 13.8 Å². The van der Waals surface area contributed by atoms with E-state index in [1.165, 1.54) is 11.3 Å². The van der Waals surface area contributed by atoms with Crippen molar-refractivity contribution in [3.05, 3.63) is 16.5 Å². The third-order valence-electron chi connectivity index (χ3n) is 3.73. The Morgan fingerprint density at radius 3 is 2.76 bits per heavy atom. The van der Waals surface area contributed by atoms with E-state index in [0.29, 0.717) is 17.3 Å². The summed E-state index contributed by atoms with van der Waals surface area (Å²) in [4.78, 5) is 1.10. The van der Waals surface area contributed by atoms with Crippen LogP contribution < -0.4 is 5.32 Å². The monoisotopic (exact) mass is 348 g/mol. The first-order valence-electron chi connectivity index (χ1n) is 7.14. The summed E-state index contributed by atoms with van der Waals surface area (Å²) in [5.74, 6) is 0.861. The maximum absolute atomic E-state index is 12.8. The van der Waals surface area contributed by atoms with Gasteiger partial charge < -0.3 is 5.32 Å². The topological polar surface area (TPSA) is 49.4 Å². The molecule has 0 unspecified atom stereocenters. The Morgan fingerprint density at radius 1 is 1.38 bits per heavy atom. The predicted octanol–water partition coefficient (Wildman–Crippen LogP) is 2.68. The number of nitrogens with one attached hydrogen (secondary N) is 1. The van der Waals surface area contributed by atoms with Gasteiger partial charge in [-0.2, -0.15) is 16.1 Å². The van der Waals surface area contributed by atoms with E-state index in [-0.39, 0.29) is 4.75 Å². The van der Waals surface area contributed by atoms with Gasteiger partial charge in [0.25, 0.3) is 10.0 Å². The molecular weight excluding hydrogens is 324 g/mol. The van der Waals surface area contributed by atoms with Crippen LogP contribution in [0.2, 0.25) is 0 Å². The molecule has 0 radical (unpaired) electrons. The third kappa shape index (κ3) is 4.01. The Labute approximate surface area is 136 Å². The second kappa shape index (κ2) is 6.58. The fraction of sp³-hybridized carbons (Fsp3) is 0.714. The van der Waals surface area contributed by atoms with Crippen molar-refractivity contribution in [2.24, 2.45) is 0 Å². The molecule has 1 fully saturated rings. The molecule has 4 nitrogen and oxygen atoms in total. The van der Waals surface area contributed by atoms with Crippen LogP contribution >= 0.6 is 23.1 Å². The van der Waals surface area contributed by atoms with E-state index in [9.17, 15) is 8.42 Å². The van der Waals surface area contributed by atoms with Crippen LogP contribution in [0.5, 0.6) is 0 Å².